The number of hydrogen-bond donors (Lipinski definition) is 1. The zero-order chi connectivity index (χ0) is 13.9. The standard InChI is InChI=1S/C17H16N2O/c1-12-9-10-19-17(15(12)11-18)20-16-8-4-6-13-5-2-3-7-14(13)16/h2-10H,11,18H2,1H3. The second kappa shape index (κ2) is 5.31. The molecule has 3 rings (SSSR count). The Morgan fingerprint density at radius 3 is 2.70 bits per heavy atom. The summed E-state index contributed by atoms with van der Waals surface area (Å²) in [6.07, 6.45) is 1.74. The minimum atomic E-state index is 0.416. The average molecular weight is 264 g/mol. The summed E-state index contributed by atoms with van der Waals surface area (Å²) in [5.41, 5.74) is 7.84. The summed E-state index contributed by atoms with van der Waals surface area (Å²) in [4.78, 5) is 4.31. The first-order valence-corrected chi connectivity index (χ1v) is 6.60. The maximum Gasteiger partial charge on any atom is 0.223 e. The van der Waals surface area contributed by atoms with Crippen LogP contribution in [0, 0.1) is 6.92 Å². The number of aromatic nitrogens is 1. The quantitative estimate of drug-likeness (QED) is 0.782. The fourth-order valence-electron chi connectivity index (χ4n) is 2.29. The molecule has 0 amide bonds. The Morgan fingerprint density at radius 1 is 1.05 bits per heavy atom. The van der Waals surface area contributed by atoms with Gasteiger partial charge in [0.25, 0.3) is 0 Å². The molecule has 3 aromatic rings. The highest BCUT2D eigenvalue weighted by atomic mass is 16.5. The number of ether oxygens (including phenoxy) is 1. The molecule has 0 fully saturated rings. The van der Waals surface area contributed by atoms with E-state index in [0.29, 0.717) is 12.4 Å². The molecule has 0 unspecified atom stereocenters. The zero-order valence-electron chi connectivity index (χ0n) is 11.3. The Morgan fingerprint density at radius 2 is 1.85 bits per heavy atom. The average Bonchev–Trinajstić information content (AvgIpc) is 2.48. The van der Waals surface area contributed by atoms with Gasteiger partial charge in [0.2, 0.25) is 5.88 Å². The Bertz CT molecular complexity index is 748. The van der Waals surface area contributed by atoms with Crippen molar-refractivity contribution in [3.05, 3.63) is 65.9 Å². The molecule has 2 aromatic carbocycles. The fraction of sp³-hybridized carbons (Fsp3) is 0.118. The first-order valence-electron chi connectivity index (χ1n) is 6.60. The molecule has 0 atom stereocenters. The maximum atomic E-state index is 6.00. The van der Waals surface area contributed by atoms with Gasteiger partial charge >= 0.3 is 0 Å². The molecule has 0 bridgehead atoms. The first kappa shape index (κ1) is 12.6. The normalized spacial score (nSPS) is 10.7. The van der Waals surface area contributed by atoms with Crippen LogP contribution in [0.2, 0.25) is 0 Å². The summed E-state index contributed by atoms with van der Waals surface area (Å²) in [5.74, 6) is 1.39. The van der Waals surface area contributed by atoms with Crippen molar-refractivity contribution in [3.8, 4) is 11.6 Å². The van der Waals surface area contributed by atoms with E-state index < -0.39 is 0 Å². The van der Waals surface area contributed by atoms with Gasteiger partial charge in [-0.05, 0) is 30.0 Å². The number of rotatable bonds is 3. The topological polar surface area (TPSA) is 48.1 Å². The number of benzene rings is 2. The van der Waals surface area contributed by atoms with Crippen molar-refractivity contribution in [1.82, 2.24) is 4.98 Å². The minimum absolute atomic E-state index is 0.416. The molecule has 2 N–H and O–H groups in total. The Hall–Kier alpha value is -2.39. The summed E-state index contributed by atoms with van der Waals surface area (Å²) < 4.78 is 6.00. The smallest absolute Gasteiger partial charge is 0.223 e. The minimum Gasteiger partial charge on any atom is -0.438 e. The highest BCUT2D eigenvalue weighted by molar-refractivity contribution is 5.88. The lowest BCUT2D eigenvalue weighted by atomic mass is 10.1. The van der Waals surface area contributed by atoms with Gasteiger partial charge in [0.1, 0.15) is 5.75 Å². The summed E-state index contributed by atoms with van der Waals surface area (Å²) in [6, 6.07) is 16.1. The van der Waals surface area contributed by atoms with Gasteiger partial charge in [0, 0.05) is 23.7 Å². The van der Waals surface area contributed by atoms with Crippen LogP contribution in [0.5, 0.6) is 11.6 Å². The van der Waals surface area contributed by atoms with Crippen molar-refractivity contribution in [1.29, 1.82) is 0 Å². The molecule has 3 heteroatoms. The second-order valence-electron chi connectivity index (χ2n) is 4.70. The van der Waals surface area contributed by atoms with E-state index >= 15 is 0 Å². The van der Waals surface area contributed by atoms with Crippen molar-refractivity contribution < 1.29 is 4.74 Å². The van der Waals surface area contributed by atoms with Gasteiger partial charge in [-0.2, -0.15) is 0 Å². The number of nitrogens with zero attached hydrogens (tertiary/aromatic N) is 1. The lowest BCUT2D eigenvalue weighted by Gasteiger charge is -2.12. The highest BCUT2D eigenvalue weighted by Gasteiger charge is 2.09. The number of pyridine rings is 1. The van der Waals surface area contributed by atoms with E-state index in [1.54, 1.807) is 6.20 Å². The Kier molecular flexibility index (Phi) is 3.35. The lowest BCUT2D eigenvalue weighted by molar-refractivity contribution is 0.461. The maximum absolute atomic E-state index is 6.00. The van der Waals surface area contributed by atoms with Gasteiger partial charge in [0.05, 0.1) is 0 Å². The number of fused-ring (bicyclic) bond motifs is 1. The van der Waals surface area contributed by atoms with Crippen LogP contribution < -0.4 is 10.5 Å². The van der Waals surface area contributed by atoms with Crippen LogP contribution in [0.3, 0.4) is 0 Å². The van der Waals surface area contributed by atoms with Crippen LogP contribution in [0.25, 0.3) is 10.8 Å². The van der Waals surface area contributed by atoms with E-state index in [1.165, 1.54) is 0 Å². The molecular weight excluding hydrogens is 248 g/mol. The van der Waals surface area contributed by atoms with Gasteiger partial charge in [-0.1, -0.05) is 36.4 Å². The first-order chi connectivity index (χ1) is 9.79. The van der Waals surface area contributed by atoms with Gasteiger partial charge in [-0.15, -0.1) is 0 Å². The van der Waals surface area contributed by atoms with E-state index in [9.17, 15) is 0 Å². The van der Waals surface area contributed by atoms with Crippen LogP contribution in [-0.4, -0.2) is 4.98 Å². The highest BCUT2D eigenvalue weighted by Crippen LogP contribution is 2.31. The number of aryl methyl sites for hydroxylation is 1. The van der Waals surface area contributed by atoms with Crippen LogP contribution in [-0.2, 0) is 6.54 Å². The molecule has 1 aromatic heterocycles. The Balaban J connectivity index is 2.08. The summed E-state index contributed by atoms with van der Waals surface area (Å²) in [5, 5.41) is 2.22. The van der Waals surface area contributed by atoms with E-state index in [0.717, 1.165) is 27.6 Å². The Labute approximate surface area is 118 Å². The van der Waals surface area contributed by atoms with E-state index in [4.69, 9.17) is 10.5 Å². The molecule has 3 nitrogen and oxygen atoms in total. The van der Waals surface area contributed by atoms with Gasteiger partial charge in [0.15, 0.2) is 0 Å². The summed E-state index contributed by atoms with van der Waals surface area (Å²) >= 11 is 0. The summed E-state index contributed by atoms with van der Waals surface area (Å²) in [7, 11) is 0. The third-order valence-electron chi connectivity index (χ3n) is 3.41. The molecule has 0 aliphatic carbocycles. The molecule has 0 spiro atoms. The molecule has 0 saturated heterocycles. The van der Waals surface area contributed by atoms with Crippen LogP contribution in [0.1, 0.15) is 11.1 Å². The van der Waals surface area contributed by atoms with Crippen LogP contribution >= 0.6 is 0 Å². The van der Waals surface area contributed by atoms with Gasteiger partial charge in [-0.3, -0.25) is 0 Å². The molecule has 100 valence electrons. The van der Waals surface area contributed by atoms with Gasteiger partial charge < -0.3 is 10.5 Å². The van der Waals surface area contributed by atoms with Crippen molar-refractivity contribution >= 4 is 10.8 Å². The zero-order valence-corrected chi connectivity index (χ0v) is 11.3. The summed E-state index contributed by atoms with van der Waals surface area (Å²) in [6.45, 7) is 2.43. The molecule has 1 heterocycles. The van der Waals surface area contributed by atoms with Crippen molar-refractivity contribution in [2.45, 2.75) is 13.5 Å². The van der Waals surface area contributed by atoms with Crippen molar-refractivity contribution in [2.24, 2.45) is 5.73 Å². The van der Waals surface area contributed by atoms with Gasteiger partial charge in [-0.25, -0.2) is 4.98 Å². The monoisotopic (exact) mass is 264 g/mol. The third-order valence-corrected chi connectivity index (χ3v) is 3.41. The molecule has 0 saturated carbocycles. The molecule has 0 aliphatic heterocycles. The lowest BCUT2D eigenvalue weighted by Crippen LogP contribution is -2.03. The van der Waals surface area contributed by atoms with Crippen molar-refractivity contribution in [2.75, 3.05) is 0 Å². The number of hydrogen-bond acceptors (Lipinski definition) is 3. The SMILES string of the molecule is Cc1ccnc(Oc2cccc3ccccc23)c1CN. The van der Waals surface area contributed by atoms with E-state index in [2.05, 4.69) is 17.1 Å². The predicted octanol–water partition coefficient (Wildman–Crippen LogP) is 3.79. The molecule has 20 heavy (non-hydrogen) atoms. The largest absolute Gasteiger partial charge is 0.438 e. The van der Waals surface area contributed by atoms with Crippen molar-refractivity contribution in [3.63, 3.8) is 0 Å². The van der Waals surface area contributed by atoms with E-state index in [-0.39, 0.29) is 0 Å². The molecule has 0 aliphatic rings. The van der Waals surface area contributed by atoms with Crippen LogP contribution in [0.4, 0.5) is 0 Å². The second-order valence-corrected chi connectivity index (χ2v) is 4.70. The number of nitrogens with two attached hydrogens (primary N) is 1. The molecular formula is C17H16N2O. The third kappa shape index (κ3) is 2.24. The van der Waals surface area contributed by atoms with E-state index in [1.807, 2.05) is 43.3 Å². The fourth-order valence-corrected chi connectivity index (χ4v) is 2.29. The molecule has 0 radical (unpaired) electrons. The predicted molar refractivity (Wildman–Crippen MR) is 80.9 cm³/mol. The van der Waals surface area contributed by atoms with Crippen LogP contribution in [0.15, 0.2) is 54.7 Å².